The third kappa shape index (κ3) is 2.41. The van der Waals surface area contributed by atoms with E-state index < -0.39 is 0 Å². The summed E-state index contributed by atoms with van der Waals surface area (Å²) in [7, 11) is 0. The van der Waals surface area contributed by atoms with E-state index >= 15 is 0 Å². The average Bonchev–Trinajstić information content (AvgIpc) is 2.60. The monoisotopic (exact) mass is 253 g/mol. The minimum atomic E-state index is 0.777. The minimum Gasteiger partial charge on any atom is -0.396 e. The van der Waals surface area contributed by atoms with Crippen LogP contribution in [0.1, 0.15) is 23.1 Å². The molecule has 3 heteroatoms. The molecule has 1 aromatic carbocycles. The van der Waals surface area contributed by atoms with Crippen LogP contribution in [0.2, 0.25) is 0 Å². The maximum Gasteiger partial charge on any atom is 0.152 e. The zero-order valence-electron chi connectivity index (χ0n) is 11.3. The highest BCUT2D eigenvalue weighted by atomic mass is 15.2. The van der Waals surface area contributed by atoms with Gasteiger partial charge in [-0.05, 0) is 42.5 Å². The Hall–Kier alpha value is -2.03. The molecule has 98 valence electrons. The number of aryl methyl sites for hydroxylation is 2. The van der Waals surface area contributed by atoms with Crippen LogP contribution in [0.15, 0.2) is 36.5 Å². The van der Waals surface area contributed by atoms with Gasteiger partial charge in [0.2, 0.25) is 0 Å². The van der Waals surface area contributed by atoms with Gasteiger partial charge >= 0.3 is 0 Å². The van der Waals surface area contributed by atoms with Crippen molar-refractivity contribution in [2.45, 2.75) is 26.3 Å². The molecule has 19 heavy (non-hydrogen) atoms. The lowest BCUT2D eigenvalue weighted by Gasteiger charge is -2.23. The molecule has 0 bridgehead atoms. The van der Waals surface area contributed by atoms with Gasteiger partial charge in [0.15, 0.2) is 5.82 Å². The van der Waals surface area contributed by atoms with Crippen LogP contribution in [0, 0.1) is 6.92 Å². The molecule has 0 saturated carbocycles. The Morgan fingerprint density at radius 3 is 2.79 bits per heavy atom. The van der Waals surface area contributed by atoms with Gasteiger partial charge in [0.25, 0.3) is 0 Å². The fraction of sp³-hybridized carbons (Fsp3) is 0.312. The Labute approximate surface area is 114 Å². The highest BCUT2D eigenvalue weighted by Crippen LogP contribution is 2.26. The van der Waals surface area contributed by atoms with Crippen molar-refractivity contribution < 1.29 is 0 Å². The molecule has 2 aromatic rings. The number of pyridine rings is 1. The molecule has 0 saturated heterocycles. The second-order valence-electron chi connectivity index (χ2n) is 5.22. The van der Waals surface area contributed by atoms with Crippen molar-refractivity contribution in [1.82, 2.24) is 4.98 Å². The summed E-state index contributed by atoms with van der Waals surface area (Å²) in [6, 6.07) is 10.7. The van der Waals surface area contributed by atoms with E-state index in [1.165, 1.54) is 11.1 Å². The van der Waals surface area contributed by atoms with Crippen molar-refractivity contribution >= 4 is 11.5 Å². The first-order valence-electron chi connectivity index (χ1n) is 6.78. The topological polar surface area (TPSA) is 42.2 Å². The molecule has 2 heterocycles. The number of nitrogens with two attached hydrogens (primary N) is 1. The van der Waals surface area contributed by atoms with Crippen LogP contribution in [-0.2, 0) is 13.0 Å². The molecule has 0 aliphatic carbocycles. The summed E-state index contributed by atoms with van der Waals surface area (Å²) >= 11 is 0. The minimum absolute atomic E-state index is 0.777. The molecule has 3 rings (SSSR count). The van der Waals surface area contributed by atoms with E-state index in [4.69, 9.17) is 5.73 Å². The first-order chi connectivity index (χ1) is 9.24. The number of hydrogen-bond acceptors (Lipinski definition) is 3. The van der Waals surface area contributed by atoms with E-state index in [0.29, 0.717) is 0 Å². The maximum absolute atomic E-state index is 6.12. The largest absolute Gasteiger partial charge is 0.396 e. The third-order valence-corrected chi connectivity index (χ3v) is 3.69. The van der Waals surface area contributed by atoms with E-state index in [0.717, 1.165) is 43.0 Å². The average molecular weight is 253 g/mol. The lowest BCUT2D eigenvalue weighted by molar-refractivity contribution is 0.755. The molecular formula is C16H19N3. The van der Waals surface area contributed by atoms with E-state index in [1.807, 2.05) is 19.2 Å². The zero-order valence-corrected chi connectivity index (χ0v) is 11.3. The molecule has 0 spiro atoms. The Morgan fingerprint density at radius 1 is 1.21 bits per heavy atom. The van der Waals surface area contributed by atoms with E-state index in [2.05, 4.69) is 34.1 Å². The number of benzene rings is 1. The van der Waals surface area contributed by atoms with Crippen LogP contribution in [0.25, 0.3) is 0 Å². The number of anilines is 2. The molecule has 0 amide bonds. The Bertz CT molecular complexity index is 592. The fourth-order valence-electron chi connectivity index (χ4n) is 2.73. The van der Waals surface area contributed by atoms with Crippen molar-refractivity contribution in [2.75, 3.05) is 17.2 Å². The van der Waals surface area contributed by atoms with Crippen molar-refractivity contribution in [3.63, 3.8) is 0 Å². The molecular weight excluding hydrogens is 234 g/mol. The van der Waals surface area contributed by atoms with Gasteiger partial charge in [0.1, 0.15) is 0 Å². The predicted octanol–water partition coefficient (Wildman–Crippen LogP) is 2.93. The lowest BCUT2D eigenvalue weighted by Crippen LogP contribution is -2.24. The standard InChI is InChI=1S/C16H19N3/c1-12-9-15(17)16(18-10-12)19-8-4-7-13-5-2-3-6-14(13)11-19/h2-3,5-6,9-10H,4,7-8,11,17H2,1H3. The Kier molecular flexibility index (Phi) is 3.11. The number of fused-ring (bicyclic) bond motifs is 1. The van der Waals surface area contributed by atoms with Crippen LogP contribution in [0.4, 0.5) is 11.5 Å². The molecule has 0 unspecified atom stereocenters. The van der Waals surface area contributed by atoms with Gasteiger partial charge in [0.05, 0.1) is 5.69 Å². The van der Waals surface area contributed by atoms with Crippen molar-refractivity contribution in [3.8, 4) is 0 Å². The second-order valence-corrected chi connectivity index (χ2v) is 5.22. The molecule has 0 fully saturated rings. The fourth-order valence-corrected chi connectivity index (χ4v) is 2.73. The van der Waals surface area contributed by atoms with Gasteiger partial charge in [0, 0.05) is 19.3 Å². The van der Waals surface area contributed by atoms with Crippen LogP contribution >= 0.6 is 0 Å². The second kappa shape index (κ2) is 4.92. The van der Waals surface area contributed by atoms with Crippen LogP contribution < -0.4 is 10.6 Å². The Morgan fingerprint density at radius 2 is 2.00 bits per heavy atom. The van der Waals surface area contributed by atoms with E-state index in [-0.39, 0.29) is 0 Å². The molecule has 2 N–H and O–H groups in total. The highest BCUT2D eigenvalue weighted by Gasteiger charge is 2.17. The predicted molar refractivity (Wildman–Crippen MR) is 79.2 cm³/mol. The molecule has 3 nitrogen and oxygen atoms in total. The summed E-state index contributed by atoms with van der Waals surface area (Å²) in [6.07, 6.45) is 4.17. The van der Waals surface area contributed by atoms with Crippen LogP contribution in [-0.4, -0.2) is 11.5 Å². The van der Waals surface area contributed by atoms with E-state index in [1.54, 1.807) is 0 Å². The Balaban J connectivity index is 1.94. The molecule has 0 atom stereocenters. The number of aromatic nitrogens is 1. The van der Waals surface area contributed by atoms with Crippen LogP contribution in [0.3, 0.4) is 0 Å². The van der Waals surface area contributed by atoms with Gasteiger partial charge < -0.3 is 10.6 Å². The van der Waals surface area contributed by atoms with Crippen molar-refractivity contribution in [1.29, 1.82) is 0 Å². The SMILES string of the molecule is Cc1cnc(N2CCCc3ccccc3C2)c(N)c1. The number of rotatable bonds is 1. The summed E-state index contributed by atoms with van der Waals surface area (Å²) in [5.74, 6) is 0.919. The summed E-state index contributed by atoms with van der Waals surface area (Å²) in [4.78, 5) is 6.81. The molecule has 1 aliphatic rings. The third-order valence-electron chi connectivity index (χ3n) is 3.69. The van der Waals surface area contributed by atoms with Crippen molar-refractivity contribution in [3.05, 3.63) is 53.2 Å². The molecule has 1 aromatic heterocycles. The summed E-state index contributed by atoms with van der Waals surface area (Å²) in [5, 5.41) is 0. The maximum atomic E-state index is 6.12. The number of nitrogens with zero attached hydrogens (tertiary/aromatic N) is 2. The quantitative estimate of drug-likeness (QED) is 0.849. The van der Waals surface area contributed by atoms with Crippen LogP contribution in [0.5, 0.6) is 0 Å². The lowest BCUT2D eigenvalue weighted by atomic mass is 10.0. The van der Waals surface area contributed by atoms with Gasteiger partial charge in [-0.3, -0.25) is 0 Å². The zero-order chi connectivity index (χ0) is 13.2. The molecule has 1 aliphatic heterocycles. The normalized spacial score (nSPS) is 14.9. The first-order valence-corrected chi connectivity index (χ1v) is 6.78. The highest BCUT2D eigenvalue weighted by molar-refractivity contribution is 5.63. The number of hydrogen-bond donors (Lipinski definition) is 1. The van der Waals surface area contributed by atoms with Gasteiger partial charge in [-0.25, -0.2) is 4.98 Å². The molecule has 0 radical (unpaired) electrons. The number of nitrogen functional groups attached to an aromatic ring is 1. The summed E-state index contributed by atoms with van der Waals surface area (Å²) < 4.78 is 0. The van der Waals surface area contributed by atoms with Gasteiger partial charge in [-0.2, -0.15) is 0 Å². The van der Waals surface area contributed by atoms with Gasteiger partial charge in [-0.15, -0.1) is 0 Å². The smallest absolute Gasteiger partial charge is 0.152 e. The van der Waals surface area contributed by atoms with E-state index in [9.17, 15) is 0 Å². The summed E-state index contributed by atoms with van der Waals surface area (Å²) in [6.45, 7) is 3.93. The first kappa shape index (κ1) is 12.0. The van der Waals surface area contributed by atoms with Crippen molar-refractivity contribution in [2.24, 2.45) is 0 Å². The van der Waals surface area contributed by atoms with Gasteiger partial charge in [-0.1, -0.05) is 24.3 Å². The summed E-state index contributed by atoms with van der Waals surface area (Å²) in [5.41, 5.74) is 10.8.